The van der Waals surface area contributed by atoms with Gasteiger partial charge in [0, 0.05) is 17.4 Å². The zero-order valence-electron chi connectivity index (χ0n) is 19.6. The number of hydrogen-bond acceptors (Lipinski definition) is 4. The maximum atomic E-state index is 12.3. The molecule has 0 aliphatic heterocycles. The highest BCUT2D eigenvalue weighted by Gasteiger charge is 2.05. The van der Waals surface area contributed by atoms with Gasteiger partial charge in [-0.25, -0.2) is 0 Å². The number of anilines is 2. The number of hydrogen-bond donors (Lipinski definition) is 2. The van der Waals surface area contributed by atoms with Crippen molar-refractivity contribution in [1.82, 2.24) is 0 Å². The van der Waals surface area contributed by atoms with Crippen LogP contribution in [0.25, 0.3) is 0 Å². The van der Waals surface area contributed by atoms with Gasteiger partial charge in [0.25, 0.3) is 0 Å². The Morgan fingerprint density at radius 2 is 1.58 bits per heavy atom. The number of rotatable bonds is 13. The number of nitrogens with one attached hydrogen (secondary N) is 2. The molecule has 0 spiro atoms. The number of aryl methyl sites for hydroxylation is 1. The van der Waals surface area contributed by atoms with Gasteiger partial charge in [-0.15, -0.1) is 0 Å². The highest BCUT2D eigenvalue weighted by molar-refractivity contribution is 5.93. The minimum atomic E-state index is -0.117. The SMILES string of the molecule is CC(C)CCOc1ccc(NCC(=O)Nc2cccc(OCCCc3ccccc3)c2)cc1. The van der Waals surface area contributed by atoms with Gasteiger partial charge in [-0.05, 0) is 67.1 Å². The molecule has 0 atom stereocenters. The zero-order valence-corrected chi connectivity index (χ0v) is 19.6. The number of carbonyl (C=O) groups is 1. The summed E-state index contributed by atoms with van der Waals surface area (Å²) in [7, 11) is 0. The van der Waals surface area contributed by atoms with E-state index in [1.807, 2.05) is 54.6 Å². The summed E-state index contributed by atoms with van der Waals surface area (Å²) in [4.78, 5) is 12.3. The van der Waals surface area contributed by atoms with Crippen molar-refractivity contribution in [2.75, 3.05) is 30.4 Å². The fourth-order valence-corrected chi connectivity index (χ4v) is 3.24. The number of benzene rings is 3. The minimum Gasteiger partial charge on any atom is -0.494 e. The van der Waals surface area contributed by atoms with Gasteiger partial charge in [-0.2, -0.15) is 0 Å². The molecule has 174 valence electrons. The first-order chi connectivity index (χ1) is 16.1. The highest BCUT2D eigenvalue weighted by atomic mass is 16.5. The summed E-state index contributed by atoms with van der Waals surface area (Å²) in [6.45, 7) is 5.87. The van der Waals surface area contributed by atoms with E-state index < -0.39 is 0 Å². The predicted molar refractivity (Wildman–Crippen MR) is 135 cm³/mol. The van der Waals surface area contributed by atoms with Crippen molar-refractivity contribution >= 4 is 17.3 Å². The third-order valence-corrected chi connectivity index (χ3v) is 5.11. The van der Waals surface area contributed by atoms with E-state index >= 15 is 0 Å². The minimum absolute atomic E-state index is 0.117. The predicted octanol–water partition coefficient (Wildman–Crippen LogP) is 6.17. The molecule has 33 heavy (non-hydrogen) atoms. The van der Waals surface area contributed by atoms with Gasteiger partial charge >= 0.3 is 0 Å². The van der Waals surface area contributed by atoms with Gasteiger partial charge in [0.1, 0.15) is 11.5 Å². The van der Waals surface area contributed by atoms with Crippen LogP contribution in [-0.2, 0) is 11.2 Å². The van der Waals surface area contributed by atoms with Crippen molar-refractivity contribution in [3.63, 3.8) is 0 Å². The second kappa shape index (κ2) is 13.2. The van der Waals surface area contributed by atoms with Crippen LogP contribution in [-0.4, -0.2) is 25.7 Å². The van der Waals surface area contributed by atoms with Crippen molar-refractivity contribution in [3.8, 4) is 11.5 Å². The van der Waals surface area contributed by atoms with Crippen LogP contribution in [0.4, 0.5) is 11.4 Å². The maximum absolute atomic E-state index is 12.3. The molecule has 0 radical (unpaired) electrons. The third-order valence-electron chi connectivity index (χ3n) is 5.11. The molecule has 3 rings (SSSR count). The lowest BCUT2D eigenvalue weighted by molar-refractivity contribution is -0.114. The summed E-state index contributed by atoms with van der Waals surface area (Å²) in [6, 6.07) is 25.5. The van der Waals surface area contributed by atoms with Crippen molar-refractivity contribution in [1.29, 1.82) is 0 Å². The summed E-state index contributed by atoms with van der Waals surface area (Å²) in [5, 5.41) is 6.05. The number of ether oxygens (including phenoxy) is 2. The molecule has 0 aromatic heterocycles. The van der Waals surface area contributed by atoms with Gasteiger partial charge < -0.3 is 20.1 Å². The van der Waals surface area contributed by atoms with Gasteiger partial charge in [0.2, 0.25) is 5.91 Å². The standard InChI is InChI=1S/C28H34N2O3/c1-22(2)17-19-33-26-15-13-24(14-16-26)29-21-28(31)30-25-11-6-12-27(20-25)32-18-7-10-23-8-4-3-5-9-23/h3-6,8-9,11-16,20,22,29H,7,10,17-19,21H2,1-2H3,(H,30,31). The summed E-state index contributed by atoms with van der Waals surface area (Å²) in [5.74, 6) is 2.10. The van der Waals surface area contributed by atoms with Crippen molar-refractivity contribution in [3.05, 3.63) is 84.4 Å². The molecule has 2 N–H and O–H groups in total. The van der Waals surface area contributed by atoms with Gasteiger partial charge in [0.15, 0.2) is 0 Å². The smallest absolute Gasteiger partial charge is 0.243 e. The molecule has 0 saturated heterocycles. The first-order valence-electron chi connectivity index (χ1n) is 11.6. The van der Waals surface area contributed by atoms with Crippen LogP contribution in [0.15, 0.2) is 78.9 Å². The topological polar surface area (TPSA) is 59.6 Å². The van der Waals surface area contributed by atoms with E-state index in [1.54, 1.807) is 0 Å². The largest absolute Gasteiger partial charge is 0.494 e. The van der Waals surface area contributed by atoms with Gasteiger partial charge in [0.05, 0.1) is 19.8 Å². The average Bonchev–Trinajstić information content (AvgIpc) is 2.82. The Morgan fingerprint density at radius 3 is 2.33 bits per heavy atom. The Balaban J connectivity index is 1.37. The molecule has 0 aliphatic carbocycles. The Labute approximate surface area is 197 Å². The van der Waals surface area contributed by atoms with Crippen molar-refractivity contribution in [2.24, 2.45) is 5.92 Å². The van der Waals surface area contributed by atoms with E-state index in [0.29, 0.717) is 19.1 Å². The second-order valence-corrected chi connectivity index (χ2v) is 8.42. The summed E-state index contributed by atoms with van der Waals surface area (Å²) in [5.41, 5.74) is 2.90. The van der Waals surface area contributed by atoms with Crippen LogP contribution in [0.1, 0.15) is 32.3 Å². The zero-order chi connectivity index (χ0) is 23.3. The number of carbonyl (C=O) groups excluding carboxylic acids is 1. The highest BCUT2D eigenvalue weighted by Crippen LogP contribution is 2.19. The molecule has 5 nitrogen and oxygen atoms in total. The Kier molecular flexibility index (Phi) is 9.64. The summed E-state index contributed by atoms with van der Waals surface area (Å²) >= 11 is 0. The third kappa shape index (κ3) is 9.27. The molecule has 0 aliphatic rings. The maximum Gasteiger partial charge on any atom is 0.243 e. The normalized spacial score (nSPS) is 10.6. The lowest BCUT2D eigenvalue weighted by Crippen LogP contribution is -2.21. The fraction of sp³-hybridized carbons (Fsp3) is 0.321. The molecule has 0 unspecified atom stereocenters. The molecule has 1 amide bonds. The quantitative estimate of drug-likeness (QED) is 0.308. The Bertz CT molecular complexity index is 972. The monoisotopic (exact) mass is 446 g/mol. The van der Waals surface area contributed by atoms with E-state index in [2.05, 4.69) is 48.7 Å². The molecular weight excluding hydrogens is 412 g/mol. The van der Waals surface area contributed by atoms with Crippen LogP contribution >= 0.6 is 0 Å². The van der Waals surface area contributed by atoms with E-state index in [9.17, 15) is 4.79 Å². The summed E-state index contributed by atoms with van der Waals surface area (Å²) < 4.78 is 11.6. The first kappa shape index (κ1) is 24.2. The van der Waals surface area contributed by atoms with E-state index in [0.717, 1.165) is 42.1 Å². The molecule has 0 saturated carbocycles. The lowest BCUT2D eigenvalue weighted by atomic mass is 10.1. The van der Waals surface area contributed by atoms with Crippen LogP contribution < -0.4 is 20.1 Å². The van der Waals surface area contributed by atoms with E-state index in [-0.39, 0.29) is 12.5 Å². The van der Waals surface area contributed by atoms with Crippen LogP contribution in [0, 0.1) is 5.92 Å². The molecule has 3 aromatic rings. The summed E-state index contributed by atoms with van der Waals surface area (Å²) in [6.07, 6.45) is 2.94. The molecule has 5 heteroatoms. The first-order valence-corrected chi connectivity index (χ1v) is 11.6. The Hall–Kier alpha value is -3.47. The molecule has 0 heterocycles. The van der Waals surface area contributed by atoms with Crippen LogP contribution in [0.3, 0.4) is 0 Å². The molecule has 0 fully saturated rings. The molecular formula is C28H34N2O3. The molecule has 3 aromatic carbocycles. The van der Waals surface area contributed by atoms with Crippen molar-refractivity contribution < 1.29 is 14.3 Å². The van der Waals surface area contributed by atoms with Crippen LogP contribution in [0.2, 0.25) is 0 Å². The van der Waals surface area contributed by atoms with E-state index in [1.165, 1.54) is 5.56 Å². The van der Waals surface area contributed by atoms with Gasteiger partial charge in [-0.3, -0.25) is 4.79 Å². The van der Waals surface area contributed by atoms with Gasteiger partial charge in [-0.1, -0.05) is 50.2 Å². The average molecular weight is 447 g/mol. The number of amides is 1. The van der Waals surface area contributed by atoms with E-state index in [4.69, 9.17) is 9.47 Å². The van der Waals surface area contributed by atoms with Crippen molar-refractivity contribution in [2.45, 2.75) is 33.1 Å². The van der Waals surface area contributed by atoms with Crippen LogP contribution in [0.5, 0.6) is 11.5 Å². The Morgan fingerprint density at radius 1 is 0.818 bits per heavy atom. The lowest BCUT2D eigenvalue weighted by Gasteiger charge is -2.11. The second-order valence-electron chi connectivity index (χ2n) is 8.42. The fourth-order valence-electron chi connectivity index (χ4n) is 3.24. The molecule has 0 bridgehead atoms.